The molecule has 0 bridgehead atoms. The standard InChI is InChI=1S/C16H16F3N3O3S/c1-26-6-5-13(15(24)25)22-14(23)10(8-20)9-21-12-4-2-3-11(7-12)16(17,18)19/h2-4,7,9,13,21H,5-6H2,1H3,(H,22,23)(H,24,25)/b10-9-. The van der Waals surface area contributed by atoms with Gasteiger partial charge in [0.1, 0.15) is 17.7 Å². The van der Waals surface area contributed by atoms with Gasteiger partial charge in [-0.15, -0.1) is 0 Å². The molecule has 0 saturated heterocycles. The zero-order valence-electron chi connectivity index (χ0n) is 13.6. The molecule has 0 aromatic heterocycles. The molecule has 1 rings (SSSR count). The van der Waals surface area contributed by atoms with Crippen molar-refractivity contribution in [2.75, 3.05) is 17.3 Å². The normalized spacial score (nSPS) is 12.8. The van der Waals surface area contributed by atoms with Crippen molar-refractivity contribution in [2.45, 2.75) is 18.6 Å². The number of alkyl halides is 3. The van der Waals surface area contributed by atoms with E-state index in [2.05, 4.69) is 10.6 Å². The molecule has 0 aliphatic heterocycles. The zero-order valence-corrected chi connectivity index (χ0v) is 14.4. The summed E-state index contributed by atoms with van der Waals surface area (Å²) >= 11 is 1.40. The summed E-state index contributed by atoms with van der Waals surface area (Å²) in [6.07, 6.45) is -1.65. The van der Waals surface area contributed by atoms with Gasteiger partial charge in [0.25, 0.3) is 5.91 Å². The average molecular weight is 387 g/mol. The summed E-state index contributed by atoms with van der Waals surface area (Å²) in [6, 6.07) is 4.63. The van der Waals surface area contributed by atoms with Gasteiger partial charge in [0.05, 0.1) is 5.56 Å². The molecule has 0 spiro atoms. The lowest BCUT2D eigenvalue weighted by Gasteiger charge is -2.13. The molecule has 0 heterocycles. The molecule has 10 heteroatoms. The molecule has 140 valence electrons. The summed E-state index contributed by atoms with van der Waals surface area (Å²) in [7, 11) is 0. The Balaban J connectivity index is 2.86. The molecule has 1 aromatic rings. The smallest absolute Gasteiger partial charge is 0.416 e. The number of nitrogens with one attached hydrogen (secondary N) is 2. The number of thioether (sulfide) groups is 1. The van der Waals surface area contributed by atoms with Gasteiger partial charge in [0, 0.05) is 11.9 Å². The Kier molecular flexibility index (Phi) is 7.99. The molecule has 1 atom stereocenters. The number of benzene rings is 1. The summed E-state index contributed by atoms with van der Waals surface area (Å²) < 4.78 is 38.0. The lowest BCUT2D eigenvalue weighted by atomic mass is 10.2. The number of hydrogen-bond acceptors (Lipinski definition) is 5. The van der Waals surface area contributed by atoms with Crippen molar-refractivity contribution in [3.63, 3.8) is 0 Å². The molecule has 0 radical (unpaired) electrons. The van der Waals surface area contributed by atoms with Crippen LogP contribution in [0.15, 0.2) is 36.0 Å². The van der Waals surface area contributed by atoms with Crippen molar-refractivity contribution < 1.29 is 27.9 Å². The van der Waals surface area contributed by atoms with E-state index < -0.39 is 35.2 Å². The van der Waals surface area contributed by atoms with Gasteiger partial charge < -0.3 is 15.7 Å². The Hall–Kier alpha value is -2.67. The topological polar surface area (TPSA) is 102 Å². The van der Waals surface area contributed by atoms with Gasteiger partial charge in [0.15, 0.2) is 0 Å². The van der Waals surface area contributed by atoms with E-state index in [9.17, 15) is 22.8 Å². The Labute approximate surface area is 152 Å². The van der Waals surface area contributed by atoms with Crippen LogP contribution < -0.4 is 10.6 Å². The van der Waals surface area contributed by atoms with E-state index in [0.717, 1.165) is 18.3 Å². The van der Waals surface area contributed by atoms with Crippen molar-refractivity contribution >= 4 is 29.3 Å². The second-order valence-corrected chi connectivity index (χ2v) is 6.02. The highest BCUT2D eigenvalue weighted by Crippen LogP contribution is 2.30. The van der Waals surface area contributed by atoms with Crippen LogP contribution in [0.25, 0.3) is 0 Å². The first-order chi connectivity index (χ1) is 12.2. The van der Waals surface area contributed by atoms with Crippen molar-refractivity contribution in [1.29, 1.82) is 5.26 Å². The minimum Gasteiger partial charge on any atom is -0.480 e. The van der Waals surface area contributed by atoms with Gasteiger partial charge in [-0.3, -0.25) is 4.79 Å². The highest BCUT2D eigenvalue weighted by atomic mass is 32.2. The summed E-state index contributed by atoms with van der Waals surface area (Å²) in [6.45, 7) is 0. The van der Waals surface area contributed by atoms with E-state index in [-0.39, 0.29) is 12.1 Å². The van der Waals surface area contributed by atoms with Crippen LogP contribution in [0.3, 0.4) is 0 Å². The predicted molar refractivity (Wildman–Crippen MR) is 91.3 cm³/mol. The van der Waals surface area contributed by atoms with Gasteiger partial charge in [0.2, 0.25) is 0 Å². The molecule has 0 aliphatic rings. The molecular formula is C16H16F3N3O3S. The van der Waals surface area contributed by atoms with Crippen LogP contribution >= 0.6 is 11.8 Å². The lowest BCUT2D eigenvalue weighted by Crippen LogP contribution is -2.41. The zero-order chi connectivity index (χ0) is 19.7. The summed E-state index contributed by atoms with van der Waals surface area (Å²) in [5.74, 6) is -1.68. The Bertz CT molecular complexity index is 729. The number of carboxylic acid groups (broad SMARTS) is 1. The fourth-order valence-electron chi connectivity index (χ4n) is 1.82. The van der Waals surface area contributed by atoms with Crippen LogP contribution in [0.1, 0.15) is 12.0 Å². The number of anilines is 1. The van der Waals surface area contributed by atoms with Crippen molar-refractivity contribution in [3.05, 3.63) is 41.6 Å². The van der Waals surface area contributed by atoms with Crippen LogP contribution in [0.2, 0.25) is 0 Å². The number of aliphatic carboxylic acids is 1. The minimum absolute atomic E-state index is 0.0255. The fourth-order valence-corrected chi connectivity index (χ4v) is 2.29. The molecule has 6 nitrogen and oxygen atoms in total. The van der Waals surface area contributed by atoms with Crippen LogP contribution in [-0.4, -0.2) is 35.0 Å². The summed E-state index contributed by atoms with van der Waals surface area (Å²) in [5.41, 5.74) is -1.32. The number of halogens is 3. The number of rotatable bonds is 8. The van der Waals surface area contributed by atoms with Gasteiger partial charge in [-0.2, -0.15) is 30.2 Å². The molecule has 0 fully saturated rings. The Morgan fingerprint density at radius 2 is 2.12 bits per heavy atom. The maximum Gasteiger partial charge on any atom is 0.416 e. The van der Waals surface area contributed by atoms with E-state index in [1.807, 2.05) is 0 Å². The summed E-state index contributed by atoms with van der Waals surface area (Å²) in [5, 5.41) is 22.8. The van der Waals surface area contributed by atoms with Gasteiger partial charge >= 0.3 is 12.1 Å². The monoisotopic (exact) mass is 387 g/mol. The Morgan fingerprint density at radius 1 is 1.42 bits per heavy atom. The number of hydrogen-bond donors (Lipinski definition) is 3. The highest BCUT2D eigenvalue weighted by Gasteiger charge is 2.30. The van der Waals surface area contributed by atoms with Crippen LogP contribution in [0, 0.1) is 11.3 Å². The fraction of sp³-hybridized carbons (Fsp3) is 0.312. The van der Waals surface area contributed by atoms with Crippen molar-refractivity contribution in [2.24, 2.45) is 0 Å². The number of carbonyl (C=O) groups excluding carboxylic acids is 1. The third kappa shape index (κ3) is 6.68. The van der Waals surface area contributed by atoms with Crippen LogP contribution in [0.4, 0.5) is 18.9 Å². The summed E-state index contributed by atoms with van der Waals surface area (Å²) in [4.78, 5) is 23.1. The van der Waals surface area contributed by atoms with Crippen molar-refractivity contribution in [1.82, 2.24) is 5.32 Å². The van der Waals surface area contributed by atoms with Gasteiger partial charge in [-0.25, -0.2) is 4.79 Å². The molecule has 26 heavy (non-hydrogen) atoms. The third-order valence-electron chi connectivity index (χ3n) is 3.15. The average Bonchev–Trinajstić information content (AvgIpc) is 2.58. The second kappa shape index (κ2) is 9.72. The van der Waals surface area contributed by atoms with Crippen LogP contribution in [-0.2, 0) is 15.8 Å². The minimum atomic E-state index is -4.52. The first-order valence-corrected chi connectivity index (χ1v) is 8.65. The largest absolute Gasteiger partial charge is 0.480 e. The SMILES string of the molecule is CSCCC(NC(=O)/C(C#N)=C\Nc1cccc(C(F)(F)F)c1)C(=O)O. The molecule has 1 unspecified atom stereocenters. The highest BCUT2D eigenvalue weighted by molar-refractivity contribution is 7.98. The maximum absolute atomic E-state index is 12.7. The van der Waals surface area contributed by atoms with Gasteiger partial charge in [-0.1, -0.05) is 6.07 Å². The molecule has 1 aromatic carbocycles. The third-order valence-corrected chi connectivity index (χ3v) is 3.80. The molecule has 3 N–H and O–H groups in total. The first-order valence-electron chi connectivity index (χ1n) is 7.25. The van der Waals surface area contributed by atoms with E-state index in [1.54, 1.807) is 12.3 Å². The molecule has 1 amide bonds. The predicted octanol–water partition coefficient (Wildman–Crippen LogP) is 2.85. The van der Waals surface area contributed by atoms with Crippen LogP contribution in [0.5, 0.6) is 0 Å². The molecule has 0 saturated carbocycles. The van der Waals surface area contributed by atoms with E-state index >= 15 is 0 Å². The van der Waals surface area contributed by atoms with Crippen molar-refractivity contribution in [3.8, 4) is 6.07 Å². The molecule has 0 aliphatic carbocycles. The Morgan fingerprint density at radius 3 is 2.65 bits per heavy atom. The number of nitriles is 1. The van der Waals surface area contributed by atoms with E-state index in [0.29, 0.717) is 5.75 Å². The number of carbonyl (C=O) groups is 2. The number of nitrogens with zero attached hydrogens (tertiary/aromatic N) is 1. The van der Waals surface area contributed by atoms with Gasteiger partial charge in [-0.05, 0) is 36.6 Å². The second-order valence-electron chi connectivity index (χ2n) is 5.04. The van der Waals surface area contributed by atoms with E-state index in [4.69, 9.17) is 10.4 Å². The number of carboxylic acids is 1. The maximum atomic E-state index is 12.7. The quantitative estimate of drug-likeness (QED) is 0.468. The number of amides is 1. The lowest BCUT2D eigenvalue weighted by molar-refractivity contribution is -0.141. The van der Waals surface area contributed by atoms with E-state index in [1.165, 1.54) is 23.9 Å². The first kappa shape index (κ1) is 21.4. The molecular weight excluding hydrogens is 371 g/mol.